The molecule has 0 saturated heterocycles. The van der Waals surface area contributed by atoms with E-state index in [0.29, 0.717) is 19.1 Å². The lowest BCUT2D eigenvalue weighted by Gasteiger charge is -2.17. The highest BCUT2D eigenvalue weighted by molar-refractivity contribution is 5.81. The van der Waals surface area contributed by atoms with Crippen LogP contribution in [0.1, 0.15) is 31.2 Å². The quantitative estimate of drug-likeness (QED) is 0.473. The van der Waals surface area contributed by atoms with Crippen LogP contribution < -0.4 is 20.1 Å². The van der Waals surface area contributed by atoms with E-state index >= 15 is 0 Å². The molecule has 1 heterocycles. The number of hydrogen-bond donors (Lipinski definition) is 2. The highest BCUT2D eigenvalue weighted by Gasteiger charge is 2.13. The van der Waals surface area contributed by atoms with Gasteiger partial charge in [0.2, 0.25) is 0 Å². The first kappa shape index (κ1) is 19.6. The molecule has 0 bridgehead atoms. The predicted molar refractivity (Wildman–Crippen MR) is 112 cm³/mol. The monoisotopic (exact) mass is 381 g/mol. The smallest absolute Gasteiger partial charge is 0.191 e. The normalized spacial score (nSPS) is 12.6. The van der Waals surface area contributed by atoms with Crippen molar-refractivity contribution in [3.05, 3.63) is 59.9 Å². The molecule has 1 atom stereocenters. The van der Waals surface area contributed by atoms with Gasteiger partial charge in [0.15, 0.2) is 17.5 Å². The van der Waals surface area contributed by atoms with Crippen molar-refractivity contribution >= 4 is 16.9 Å². The molecule has 0 aliphatic heterocycles. The van der Waals surface area contributed by atoms with Crippen LogP contribution in [-0.4, -0.2) is 26.7 Å². The zero-order chi connectivity index (χ0) is 19.9. The van der Waals surface area contributed by atoms with E-state index in [1.165, 1.54) is 0 Å². The van der Waals surface area contributed by atoms with Gasteiger partial charge in [0, 0.05) is 19.0 Å². The minimum atomic E-state index is -0.0200. The maximum atomic E-state index is 5.93. The summed E-state index contributed by atoms with van der Waals surface area (Å²) in [5, 5.41) is 7.79. The molecule has 0 spiro atoms. The summed E-state index contributed by atoms with van der Waals surface area (Å²) in [6.45, 7) is 5.20. The molecule has 0 aliphatic carbocycles. The van der Waals surface area contributed by atoms with E-state index in [4.69, 9.17) is 13.9 Å². The minimum absolute atomic E-state index is 0.0200. The van der Waals surface area contributed by atoms with Gasteiger partial charge in [0.05, 0.1) is 19.8 Å². The molecular weight excluding hydrogens is 354 g/mol. The fraction of sp³-hybridized carbons (Fsp3) is 0.318. The van der Waals surface area contributed by atoms with Crippen LogP contribution in [0.4, 0.5) is 0 Å². The lowest BCUT2D eigenvalue weighted by Crippen LogP contribution is -2.38. The largest absolute Gasteiger partial charge is 0.493 e. The van der Waals surface area contributed by atoms with Crippen LogP contribution in [-0.2, 0) is 6.54 Å². The van der Waals surface area contributed by atoms with E-state index in [0.717, 1.165) is 33.8 Å². The molecule has 6 nitrogen and oxygen atoms in total. The first-order chi connectivity index (χ1) is 13.6. The number of aliphatic imine (C=N–C) groups is 1. The maximum absolute atomic E-state index is 5.93. The highest BCUT2D eigenvalue weighted by Crippen LogP contribution is 2.28. The summed E-state index contributed by atoms with van der Waals surface area (Å²) >= 11 is 0. The van der Waals surface area contributed by atoms with Crippen LogP contribution >= 0.6 is 0 Å². The van der Waals surface area contributed by atoms with Crippen LogP contribution in [0.25, 0.3) is 11.0 Å². The van der Waals surface area contributed by atoms with Gasteiger partial charge in [-0.3, -0.25) is 4.99 Å². The standard InChI is InChI=1S/C22H27N3O3/c1-5-27-21-12-16(10-11-19(21)26-4)14-24-22(23-3)25-15(2)20-13-17-8-6-7-9-18(17)28-20/h6-13,15H,5,14H2,1-4H3,(H2,23,24,25). The molecule has 28 heavy (non-hydrogen) atoms. The van der Waals surface area contributed by atoms with Crippen molar-refractivity contribution in [3.8, 4) is 11.5 Å². The number of guanidine groups is 1. The second kappa shape index (κ2) is 9.17. The number of nitrogens with zero attached hydrogens (tertiary/aromatic N) is 1. The first-order valence-corrected chi connectivity index (χ1v) is 9.40. The molecule has 3 rings (SSSR count). The van der Waals surface area contributed by atoms with E-state index in [9.17, 15) is 0 Å². The van der Waals surface area contributed by atoms with Crippen molar-refractivity contribution < 1.29 is 13.9 Å². The minimum Gasteiger partial charge on any atom is -0.493 e. The number of furan rings is 1. The summed E-state index contributed by atoms with van der Waals surface area (Å²) in [6.07, 6.45) is 0. The average molecular weight is 381 g/mol. The van der Waals surface area contributed by atoms with E-state index in [1.807, 2.05) is 56.3 Å². The van der Waals surface area contributed by atoms with Gasteiger partial charge in [-0.25, -0.2) is 0 Å². The molecule has 0 amide bonds. The lowest BCUT2D eigenvalue weighted by atomic mass is 10.2. The Morgan fingerprint density at radius 1 is 1.14 bits per heavy atom. The molecule has 1 aromatic heterocycles. The Kier molecular flexibility index (Phi) is 6.42. The first-order valence-electron chi connectivity index (χ1n) is 9.40. The summed E-state index contributed by atoms with van der Waals surface area (Å²) < 4.78 is 16.9. The zero-order valence-electron chi connectivity index (χ0n) is 16.8. The SMILES string of the molecule is CCOc1cc(CNC(=NC)NC(C)c2cc3ccccc3o2)ccc1OC. The molecule has 2 aromatic carbocycles. The van der Waals surface area contributed by atoms with Gasteiger partial charge in [0.1, 0.15) is 11.3 Å². The molecule has 0 saturated carbocycles. The van der Waals surface area contributed by atoms with Crippen molar-refractivity contribution in [3.63, 3.8) is 0 Å². The Morgan fingerprint density at radius 3 is 2.68 bits per heavy atom. The topological polar surface area (TPSA) is 68.0 Å². The highest BCUT2D eigenvalue weighted by atomic mass is 16.5. The molecule has 148 valence electrons. The lowest BCUT2D eigenvalue weighted by molar-refractivity contribution is 0.310. The van der Waals surface area contributed by atoms with Gasteiger partial charge in [-0.1, -0.05) is 24.3 Å². The predicted octanol–water partition coefficient (Wildman–Crippen LogP) is 4.27. The van der Waals surface area contributed by atoms with Gasteiger partial charge in [-0.15, -0.1) is 0 Å². The second-order valence-corrected chi connectivity index (χ2v) is 6.40. The Bertz CT molecular complexity index is 916. The molecule has 6 heteroatoms. The molecular formula is C22H27N3O3. The number of hydrogen-bond acceptors (Lipinski definition) is 4. The summed E-state index contributed by atoms with van der Waals surface area (Å²) in [4.78, 5) is 4.31. The van der Waals surface area contributed by atoms with Gasteiger partial charge in [0.25, 0.3) is 0 Å². The molecule has 2 N–H and O–H groups in total. The number of methoxy groups -OCH3 is 1. The summed E-state index contributed by atoms with van der Waals surface area (Å²) in [7, 11) is 3.39. The third-order valence-corrected chi connectivity index (χ3v) is 4.44. The van der Waals surface area contributed by atoms with E-state index in [2.05, 4.69) is 21.7 Å². The molecule has 0 fully saturated rings. The summed E-state index contributed by atoms with van der Waals surface area (Å²) in [6, 6.07) is 15.9. The summed E-state index contributed by atoms with van der Waals surface area (Å²) in [5.41, 5.74) is 1.96. The van der Waals surface area contributed by atoms with Crippen LogP contribution in [0.15, 0.2) is 57.9 Å². The number of fused-ring (bicyclic) bond motifs is 1. The molecule has 0 aliphatic rings. The van der Waals surface area contributed by atoms with Crippen LogP contribution in [0, 0.1) is 0 Å². The third-order valence-electron chi connectivity index (χ3n) is 4.44. The van der Waals surface area contributed by atoms with Gasteiger partial charge >= 0.3 is 0 Å². The second-order valence-electron chi connectivity index (χ2n) is 6.40. The number of nitrogens with one attached hydrogen (secondary N) is 2. The zero-order valence-corrected chi connectivity index (χ0v) is 16.8. The Labute approximate surface area is 165 Å². The van der Waals surface area contributed by atoms with Crippen LogP contribution in [0.3, 0.4) is 0 Å². The van der Waals surface area contributed by atoms with Gasteiger partial charge in [-0.05, 0) is 43.7 Å². The number of rotatable bonds is 7. The van der Waals surface area contributed by atoms with Crippen molar-refractivity contribution in [1.82, 2.24) is 10.6 Å². The third kappa shape index (κ3) is 4.57. The Morgan fingerprint density at radius 2 is 1.96 bits per heavy atom. The van der Waals surface area contributed by atoms with Gasteiger partial charge in [-0.2, -0.15) is 0 Å². The van der Waals surface area contributed by atoms with Crippen molar-refractivity contribution in [1.29, 1.82) is 0 Å². The fourth-order valence-corrected chi connectivity index (χ4v) is 2.97. The molecule has 0 radical (unpaired) electrons. The van der Waals surface area contributed by atoms with Crippen molar-refractivity contribution in [2.45, 2.75) is 26.4 Å². The maximum Gasteiger partial charge on any atom is 0.191 e. The average Bonchev–Trinajstić information content (AvgIpc) is 3.16. The van der Waals surface area contributed by atoms with Crippen LogP contribution in [0.2, 0.25) is 0 Å². The Hall–Kier alpha value is -3.15. The van der Waals surface area contributed by atoms with E-state index < -0.39 is 0 Å². The van der Waals surface area contributed by atoms with Crippen molar-refractivity contribution in [2.24, 2.45) is 4.99 Å². The summed E-state index contributed by atoms with van der Waals surface area (Å²) in [5.74, 6) is 3.03. The molecule has 1 unspecified atom stereocenters. The van der Waals surface area contributed by atoms with E-state index in [-0.39, 0.29) is 6.04 Å². The number of benzene rings is 2. The van der Waals surface area contributed by atoms with Gasteiger partial charge < -0.3 is 24.5 Å². The van der Waals surface area contributed by atoms with Crippen molar-refractivity contribution in [2.75, 3.05) is 20.8 Å². The van der Waals surface area contributed by atoms with Crippen LogP contribution in [0.5, 0.6) is 11.5 Å². The Balaban J connectivity index is 1.63. The number of ether oxygens (including phenoxy) is 2. The number of para-hydroxylation sites is 1. The fourth-order valence-electron chi connectivity index (χ4n) is 2.97. The molecule has 3 aromatic rings. The van der Waals surface area contributed by atoms with E-state index in [1.54, 1.807) is 14.2 Å².